The summed E-state index contributed by atoms with van der Waals surface area (Å²) in [6, 6.07) is 0. The third kappa shape index (κ3) is 5.87. The van der Waals surface area contributed by atoms with E-state index in [0.717, 1.165) is 49.9 Å². The van der Waals surface area contributed by atoms with E-state index in [1.54, 1.807) is 5.57 Å². The molecule has 0 bridgehead atoms. The molecule has 0 heterocycles. The number of aliphatic hydroxyl groups excluding tert-OH is 1. The van der Waals surface area contributed by atoms with Gasteiger partial charge in [0, 0.05) is 0 Å². The van der Waals surface area contributed by atoms with Crippen molar-refractivity contribution in [1.82, 2.24) is 0 Å². The molecule has 0 amide bonds. The van der Waals surface area contributed by atoms with Crippen LogP contribution in [0.5, 0.6) is 0 Å². The van der Waals surface area contributed by atoms with Crippen molar-refractivity contribution in [2.45, 2.75) is 110 Å². The van der Waals surface area contributed by atoms with Crippen LogP contribution < -0.4 is 0 Å². The molecule has 0 aromatic heterocycles. The van der Waals surface area contributed by atoms with Crippen molar-refractivity contribution in [3.05, 3.63) is 35.5 Å². The van der Waals surface area contributed by atoms with Crippen molar-refractivity contribution in [2.75, 3.05) is 0 Å². The minimum absolute atomic E-state index is 0. The van der Waals surface area contributed by atoms with E-state index in [1.165, 1.54) is 49.7 Å². The van der Waals surface area contributed by atoms with E-state index >= 15 is 0 Å². The number of allylic oxidation sites excluding steroid dienone is 4. The van der Waals surface area contributed by atoms with Crippen LogP contribution in [0.15, 0.2) is 35.5 Å². The van der Waals surface area contributed by atoms with Crippen molar-refractivity contribution >= 4 is 0 Å². The summed E-state index contributed by atoms with van der Waals surface area (Å²) >= 11 is 0. The van der Waals surface area contributed by atoms with Gasteiger partial charge in [-0.2, -0.15) is 0 Å². The maximum Gasteiger partial charge on any atom is 0.0591 e. The Morgan fingerprint density at radius 2 is 1.93 bits per heavy atom. The highest BCUT2D eigenvalue weighted by atomic mass is 16.3. The van der Waals surface area contributed by atoms with E-state index in [-0.39, 0.29) is 11.6 Å². The third-order valence-corrected chi connectivity index (χ3v) is 8.36. The molecule has 0 radical (unpaired) electrons. The van der Waals surface area contributed by atoms with Crippen LogP contribution in [-0.2, 0) is 0 Å². The first-order valence-electron chi connectivity index (χ1n) is 12.1. The zero-order chi connectivity index (χ0) is 21.2. The molecule has 3 heteroatoms. The molecule has 0 unspecified atom stereocenters. The van der Waals surface area contributed by atoms with E-state index in [0.29, 0.717) is 5.41 Å². The standard InChI is InChI=1S/C27H44O2.H2O/c1-19-10-13-23(28)18-22(19)12-11-21-9-7-17-27(5)24(14-15-25(21)27)20(2)8-6-16-26(3,4)29;/h11-12,20,23-25,28-29H,1,6-10,13-18H2,2-5H3;1H2/b21-11+,22-12-;/t20-,23+,24-,25+,27-;/m1./s1. The Hall–Kier alpha value is -0.900. The Morgan fingerprint density at radius 3 is 2.63 bits per heavy atom. The summed E-state index contributed by atoms with van der Waals surface area (Å²) in [4.78, 5) is 0. The first kappa shape index (κ1) is 25.4. The summed E-state index contributed by atoms with van der Waals surface area (Å²) in [5.74, 6) is 2.26. The molecule has 0 aromatic rings. The average molecular weight is 419 g/mol. The third-order valence-electron chi connectivity index (χ3n) is 8.36. The molecule has 3 saturated carbocycles. The molecular weight excluding hydrogens is 372 g/mol. The number of hydrogen-bond donors (Lipinski definition) is 2. The lowest BCUT2D eigenvalue weighted by Gasteiger charge is -2.44. The van der Waals surface area contributed by atoms with Gasteiger partial charge in [-0.1, -0.05) is 56.6 Å². The Balaban J connectivity index is 0.00000320. The molecule has 0 aliphatic heterocycles. The van der Waals surface area contributed by atoms with Gasteiger partial charge in [-0.05, 0) is 100 Å². The van der Waals surface area contributed by atoms with Crippen LogP contribution in [0.3, 0.4) is 0 Å². The molecule has 3 aliphatic carbocycles. The Bertz CT molecular complexity index is 654. The van der Waals surface area contributed by atoms with Crippen molar-refractivity contribution < 1.29 is 15.7 Å². The van der Waals surface area contributed by atoms with Gasteiger partial charge in [0.1, 0.15) is 0 Å². The van der Waals surface area contributed by atoms with Gasteiger partial charge in [-0.3, -0.25) is 0 Å². The van der Waals surface area contributed by atoms with E-state index in [1.807, 2.05) is 13.8 Å². The highest BCUT2D eigenvalue weighted by Gasteiger charge is 2.50. The predicted molar refractivity (Wildman–Crippen MR) is 126 cm³/mol. The molecule has 30 heavy (non-hydrogen) atoms. The SMILES string of the molecule is C=C1CC[C@H](O)C/C1=C/C=C1\CCC[C@]2(C)[C@@H]([C@H](C)CCCC(C)(C)O)CC[C@@H]12.O. The fraction of sp³-hybridized carbons (Fsp3) is 0.778. The summed E-state index contributed by atoms with van der Waals surface area (Å²) in [7, 11) is 0. The molecule has 0 aromatic carbocycles. The van der Waals surface area contributed by atoms with Gasteiger partial charge < -0.3 is 15.7 Å². The maximum absolute atomic E-state index is 10.0. The molecule has 4 N–H and O–H groups in total. The van der Waals surface area contributed by atoms with Crippen LogP contribution >= 0.6 is 0 Å². The van der Waals surface area contributed by atoms with E-state index in [2.05, 4.69) is 32.6 Å². The number of hydrogen-bond acceptors (Lipinski definition) is 2. The quantitative estimate of drug-likeness (QED) is 0.563. The van der Waals surface area contributed by atoms with Gasteiger partial charge in [0.15, 0.2) is 0 Å². The predicted octanol–water partition coefficient (Wildman–Crippen LogP) is 5.91. The lowest BCUT2D eigenvalue weighted by molar-refractivity contribution is 0.0596. The fourth-order valence-electron chi connectivity index (χ4n) is 6.67. The summed E-state index contributed by atoms with van der Waals surface area (Å²) < 4.78 is 0. The Labute approximate surface area is 184 Å². The van der Waals surface area contributed by atoms with E-state index in [4.69, 9.17) is 0 Å². The van der Waals surface area contributed by atoms with Gasteiger partial charge in [-0.25, -0.2) is 0 Å². The van der Waals surface area contributed by atoms with Gasteiger partial charge in [0.2, 0.25) is 0 Å². The van der Waals surface area contributed by atoms with Crippen LogP contribution in [0, 0.1) is 23.2 Å². The molecule has 3 fully saturated rings. The topological polar surface area (TPSA) is 72.0 Å². The van der Waals surface area contributed by atoms with Gasteiger partial charge in [0.05, 0.1) is 11.7 Å². The number of aliphatic hydroxyl groups is 2. The molecule has 3 nitrogen and oxygen atoms in total. The molecule has 3 rings (SSSR count). The first-order chi connectivity index (χ1) is 13.6. The number of fused-ring (bicyclic) bond motifs is 1. The summed E-state index contributed by atoms with van der Waals surface area (Å²) in [6.45, 7) is 13.1. The maximum atomic E-state index is 10.0. The lowest BCUT2D eigenvalue weighted by atomic mass is 9.60. The minimum Gasteiger partial charge on any atom is -0.412 e. The van der Waals surface area contributed by atoms with Crippen molar-refractivity contribution in [3.63, 3.8) is 0 Å². The van der Waals surface area contributed by atoms with Crippen LogP contribution in [0.25, 0.3) is 0 Å². The largest absolute Gasteiger partial charge is 0.412 e. The smallest absolute Gasteiger partial charge is 0.0591 e. The Morgan fingerprint density at radius 1 is 1.20 bits per heavy atom. The highest BCUT2D eigenvalue weighted by Crippen LogP contribution is 2.60. The second-order valence-electron chi connectivity index (χ2n) is 11.2. The highest BCUT2D eigenvalue weighted by molar-refractivity contribution is 5.36. The zero-order valence-corrected chi connectivity index (χ0v) is 19.8. The monoisotopic (exact) mass is 418 g/mol. The zero-order valence-electron chi connectivity index (χ0n) is 19.8. The molecule has 3 aliphatic rings. The van der Waals surface area contributed by atoms with Crippen molar-refractivity contribution in [1.29, 1.82) is 0 Å². The van der Waals surface area contributed by atoms with Crippen molar-refractivity contribution in [2.24, 2.45) is 23.2 Å². The van der Waals surface area contributed by atoms with E-state index < -0.39 is 5.60 Å². The minimum atomic E-state index is -0.535. The molecule has 0 saturated heterocycles. The van der Waals surface area contributed by atoms with Crippen LogP contribution in [0.2, 0.25) is 0 Å². The molecule has 172 valence electrons. The van der Waals surface area contributed by atoms with Crippen LogP contribution in [0.4, 0.5) is 0 Å². The summed E-state index contributed by atoms with van der Waals surface area (Å²) in [6.07, 6.45) is 16.9. The normalized spacial score (nSPS) is 35.9. The van der Waals surface area contributed by atoms with Crippen LogP contribution in [0.1, 0.15) is 98.3 Å². The second-order valence-corrected chi connectivity index (χ2v) is 11.2. The second kappa shape index (κ2) is 10.1. The van der Waals surface area contributed by atoms with Crippen molar-refractivity contribution in [3.8, 4) is 0 Å². The van der Waals surface area contributed by atoms with Crippen LogP contribution in [-0.4, -0.2) is 27.4 Å². The first-order valence-corrected chi connectivity index (χ1v) is 12.1. The van der Waals surface area contributed by atoms with Gasteiger partial charge in [-0.15, -0.1) is 0 Å². The Kier molecular flexibility index (Phi) is 8.58. The molecule has 0 spiro atoms. The van der Waals surface area contributed by atoms with Gasteiger partial charge >= 0.3 is 0 Å². The fourth-order valence-corrected chi connectivity index (χ4v) is 6.67. The lowest BCUT2D eigenvalue weighted by Crippen LogP contribution is -2.36. The molecular formula is C27H46O3. The average Bonchev–Trinajstić information content (AvgIpc) is 2.99. The number of rotatable bonds is 6. The summed E-state index contributed by atoms with van der Waals surface area (Å²) in [5, 5.41) is 20.1. The molecule has 5 atom stereocenters. The van der Waals surface area contributed by atoms with Gasteiger partial charge in [0.25, 0.3) is 0 Å². The summed E-state index contributed by atoms with van der Waals surface area (Å²) in [5.41, 5.74) is 4.02. The van der Waals surface area contributed by atoms with E-state index in [9.17, 15) is 10.2 Å².